The lowest BCUT2D eigenvalue weighted by molar-refractivity contribution is -0.121. The van der Waals surface area contributed by atoms with E-state index in [0.29, 0.717) is 5.69 Å². The van der Waals surface area contributed by atoms with Gasteiger partial charge >= 0.3 is 5.97 Å². The third-order valence-corrected chi connectivity index (χ3v) is 3.61. The summed E-state index contributed by atoms with van der Waals surface area (Å²) in [6, 6.07) is 12.3. The lowest BCUT2D eigenvalue weighted by Gasteiger charge is -2.21. The number of pyridine rings is 1. The number of carbonyl (C=O) groups is 2. The largest absolute Gasteiger partial charge is 0.452 e. The number of aryl methyl sites for hydroxylation is 1. The summed E-state index contributed by atoms with van der Waals surface area (Å²) in [7, 11) is 0. The molecule has 0 saturated carbocycles. The first-order valence-corrected chi connectivity index (χ1v) is 7.91. The first kappa shape index (κ1) is 18.4. The number of hydrogen-bond donors (Lipinski definition) is 0. The molecule has 0 aliphatic heterocycles. The van der Waals surface area contributed by atoms with Crippen molar-refractivity contribution in [3.05, 3.63) is 58.9 Å². The molecule has 0 saturated heterocycles. The van der Waals surface area contributed by atoms with Crippen molar-refractivity contribution in [3.63, 3.8) is 0 Å². The van der Waals surface area contributed by atoms with E-state index >= 15 is 0 Å². The highest BCUT2D eigenvalue weighted by atomic mass is 35.5. The molecule has 1 amide bonds. The number of nitriles is 1. The lowest BCUT2D eigenvalue weighted by Crippen LogP contribution is -2.35. The van der Waals surface area contributed by atoms with Gasteiger partial charge in [-0.25, -0.2) is 9.78 Å². The summed E-state index contributed by atoms with van der Waals surface area (Å²) in [6.07, 6.45) is 1.46. The quantitative estimate of drug-likeness (QED) is 0.585. The highest BCUT2D eigenvalue weighted by Crippen LogP contribution is 2.16. The number of carbonyl (C=O) groups excluding carboxylic acids is 2. The third kappa shape index (κ3) is 5.30. The van der Waals surface area contributed by atoms with E-state index in [1.54, 1.807) is 12.1 Å². The number of esters is 1. The minimum Gasteiger partial charge on any atom is -0.452 e. The smallest absolute Gasteiger partial charge is 0.340 e. The van der Waals surface area contributed by atoms with Gasteiger partial charge in [0.1, 0.15) is 5.15 Å². The molecule has 1 aromatic heterocycles. The van der Waals surface area contributed by atoms with Gasteiger partial charge in [-0.1, -0.05) is 29.3 Å². The van der Waals surface area contributed by atoms with Crippen molar-refractivity contribution in [1.82, 2.24) is 4.98 Å². The van der Waals surface area contributed by atoms with Crippen molar-refractivity contribution < 1.29 is 14.3 Å². The number of anilines is 1. The number of nitrogens with zero attached hydrogens (tertiary/aromatic N) is 3. The van der Waals surface area contributed by atoms with Gasteiger partial charge in [0.15, 0.2) is 6.61 Å². The van der Waals surface area contributed by atoms with Crippen molar-refractivity contribution in [3.8, 4) is 6.07 Å². The van der Waals surface area contributed by atoms with E-state index in [-0.39, 0.29) is 23.7 Å². The standard InChI is InChI=1S/C18H16ClN3O3/c1-13-3-6-15(7-4-13)22(10-2-9-20)17(23)12-25-18(24)14-5-8-16(19)21-11-14/h3-8,11H,2,10,12H2,1H3. The minimum absolute atomic E-state index is 0.175. The van der Waals surface area contributed by atoms with Crippen LogP contribution in [0.2, 0.25) is 5.15 Å². The number of rotatable bonds is 6. The third-order valence-electron chi connectivity index (χ3n) is 3.38. The van der Waals surface area contributed by atoms with Crippen LogP contribution in [0.15, 0.2) is 42.6 Å². The first-order valence-electron chi connectivity index (χ1n) is 7.54. The van der Waals surface area contributed by atoms with Crippen molar-refractivity contribution in [2.45, 2.75) is 13.3 Å². The summed E-state index contributed by atoms with van der Waals surface area (Å²) in [4.78, 5) is 29.6. The average Bonchev–Trinajstić information content (AvgIpc) is 2.62. The van der Waals surface area contributed by atoms with Gasteiger partial charge in [-0.3, -0.25) is 4.79 Å². The monoisotopic (exact) mass is 357 g/mol. The summed E-state index contributed by atoms with van der Waals surface area (Å²) in [6.45, 7) is 1.73. The number of aromatic nitrogens is 1. The molecule has 0 aliphatic carbocycles. The van der Waals surface area contributed by atoms with Crippen molar-refractivity contribution >= 4 is 29.2 Å². The highest BCUT2D eigenvalue weighted by Gasteiger charge is 2.18. The van der Waals surface area contributed by atoms with E-state index in [1.807, 2.05) is 25.1 Å². The summed E-state index contributed by atoms with van der Waals surface area (Å²) in [5, 5.41) is 9.05. The normalized spacial score (nSPS) is 9.96. The molecule has 0 bridgehead atoms. The van der Waals surface area contributed by atoms with E-state index in [4.69, 9.17) is 21.6 Å². The van der Waals surface area contributed by atoms with Crippen LogP contribution in [-0.4, -0.2) is 30.0 Å². The predicted octanol–water partition coefficient (Wildman–Crippen LogP) is 3.15. The molecule has 1 aromatic carbocycles. The summed E-state index contributed by atoms with van der Waals surface area (Å²) < 4.78 is 5.04. The fourth-order valence-electron chi connectivity index (χ4n) is 2.07. The molecular weight excluding hydrogens is 342 g/mol. The minimum atomic E-state index is -0.665. The van der Waals surface area contributed by atoms with Crippen LogP contribution >= 0.6 is 11.6 Å². The molecule has 6 nitrogen and oxygen atoms in total. The van der Waals surface area contributed by atoms with Crippen molar-refractivity contribution in [2.75, 3.05) is 18.1 Å². The molecule has 0 aliphatic rings. The SMILES string of the molecule is Cc1ccc(N(CCC#N)C(=O)COC(=O)c2ccc(Cl)nc2)cc1. The van der Waals surface area contributed by atoms with Crippen LogP contribution in [0, 0.1) is 18.3 Å². The molecule has 0 atom stereocenters. The molecule has 0 N–H and O–H groups in total. The van der Waals surface area contributed by atoms with E-state index in [0.717, 1.165) is 5.56 Å². The Labute approximate surface area is 150 Å². The van der Waals surface area contributed by atoms with Gasteiger partial charge in [0.05, 0.1) is 18.1 Å². The lowest BCUT2D eigenvalue weighted by atomic mass is 10.2. The Hall–Kier alpha value is -2.91. The average molecular weight is 358 g/mol. The van der Waals surface area contributed by atoms with E-state index in [2.05, 4.69) is 4.98 Å². The molecule has 0 spiro atoms. The molecule has 128 valence electrons. The van der Waals surface area contributed by atoms with Crippen LogP contribution in [0.4, 0.5) is 5.69 Å². The fraction of sp³-hybridized carbons (Fsp3) is 0.222. The molecule has 1 heterocycles. The van der Waals surface area contributed by atoms with E-state index in [9.17, 15) is 9.59 Å². The van der Waals surface area contributed by atoms with Crippen molar-refractivity contribution in [1.29, 1.82) is 5.26 Å². The summed E-state index contributed by atoms with van der Waals surface area (Å²) in [5.74, 6) is -1.07. The Morgan fingerprint density at radius 1 is 1.24 bits per heavy atom. The first-order chi connectivity index (χ1) is 12.0. The van der Waals surface area contributed by atoms with Gasteiger partial charge in [0.25, 0.3) is 5.91 Å². The second-order valence-electron chi connectivity index (χ2n) is 5.23. The molecular formula is C18H16ClN3O3. The van der Waals surface area contributed by atoms with Crippen LogP contribution < -0.4 is 4.90 Å². The Bertz CT molecular complexity index is 783. The Kier molecular flexibility index (Phi) is 6.49. The van der Waals surface area contributed by atoms with E-state index < -0.39 is 18.5 Å². The van der Waals surface area contributed by atoms with Crippen LogP contribution in [0.1, 0.15) is 22.3 Å². The molecule has 2 rings (SSSR count). The van der Waals surface area contributed by atoms with Gasteiger partial charge in [-0.15, -0.1) is 0 Å². The zero-order valence-corrected chi connectivity index (χ0v) is 14.4. The second kappa shape index (κ2) is 8.81. The van der Waals surface area contributed by atoms with Crippen LogP contribution in [0.25, 0.3) is 0 Å². The number of ether oxygens (including phenoxy) is 1. The fourth-order valence-corrected chi connectivity index (χ4v) is 2.18. The number of halogens is 1. The maximum Gasteiger partial charge on any atom is 0.340 e. The maximum atomic E-state index is 12.4. The summed E-state index contributed by atoms with van der Waals surface area (Å²) in [5.41, 5.74) is 1.91. The number of amides is 1. The zero-order valence-electron chi connectivity index (χ0n) is 13.6. The second-order valence-corrected chi connectivity index (χ2v) is 5.62. The van der Waals surface area contributed by atoms with Gasteiger partial charge in [-0.2, -0.15) is 5.26 Å². The van der Waals surface area contributed by atoms with Crippen molar-refractivity contribution in [2.24, 2.45) is 0 Å². The van der Waals surface area contributed by atoms with Gasteiger partial charge in [0.2, 0.25) is 0 Å². The van der Waals surface area contributed by atoms with Gasteiger partial charge in [-0.05, 0) is 31.2 Å². The molecule has 2 aromatic rings. The predicted molar refractivity (Wildman–Crippen MR) is 93.3 cm³/mol. The summed E-state index contributed by atoms with van der Waals surface area (Å²) >= 11 is 5.66. The van der Waals surface area contributed by atoms with Gasteiger partial charge < -0.3 is 9.64 Å². The zero-order chi connectivity index (χ0) is 18.2. The molecule has 0 fully saturated rings. The number of hydrogen-bond acceptors (Lipinski definition) is 5. The Balaban J connectivity index is 2.03. The molecule has 0 radical (unpaired) electrons. The maximum absolute atomic E-state index is 12.4. The Morgan fingerprint density at radius 2 is 1.96 bits per heavy atom. The van der Waals surface area contributed by atoms with Gasteiger partial charge in [0, 0.05) is 18.4 Å². The van der Waals surface area contributed by atoms with E-state index in [1.165, 1.54) is 23.2 Å². The van der Waals surface area contributed by atoms with Crippen LogP contribution in [-0.2, 0) is 9.53 Å². The van der Waals surface area contributed by atoms with Crippen LogP contribution in [0.3, 0.4) is 0 Å². The highest BCUT2D eigenvalue weighted by molar-refractivity contribution is 6.29. The van der Waals surface area contributed by atoms with Crippen LogP contribution in [0.5, 0.6) is 0 Å². The molecule has 0 unspecified atom stereocenters. The topological polar surface area (TPSA) is 83.3 Å². The molecule has 25 heavy (non-hydrogen) atoms. The molecule has 7 heteroatoms. The Morgan fingerprint density at radius 3 is 2.56 bits per heavy atom. The number of benzene rings is 1.